The summed E-state index contributed by atoms with van der Waals surface area (Å²) >= 11 is 0. The second kappa shape index (κ2) is 2.98. The van der Waals surface area contributed by atoms with E-state index < -0.39 is 0 Å². The Morgan fingerprint density at radius 1 is 1.08 bits per heavy atom. The third kappa shape index (κ3) is 1.76. The third-order valence-corrected chi connectivity index (χ3v) is 4.14. The summed E-state index contributed by atoms with van der Waals surface area (Å²) in [6, 6.07) is 0. The average molecular weight is 182 g/mol. The number of hydrogen-bond donors (Lipinski definition) is 0. The van der Waals surface area contributed by atoms with Crippen molar-refractivity contribution >= 4 is 0 Å². The van der Waals surface area contributed by atoms with E-state index in [2.05, 4.69) is 20.8 Å². The van der Waals surface area contributed by atoms with E-state index in [0.29, 0.717) is 10.8 Å². The van der Waals surface area contributed by atoms with Crippen LogP contribution in [0.5, 0.6) is 0 Å². The number of rotatable bonds is 0. The minimum Gasteiger partial charge on any atom is -0.381 e. The van der Waals surface area contributed by atoms with Gasteiger partial charge in [-0.25, -0.2) is 0 Å². The van der Waals surface area contributed by atoms with Crippen molar-refractivity contribution in [2.24, 2.45) is 16.7 Å². The largest absolute Gasteiger partial charge is 0.381 e. The number of ether oxygens (including phenoxy) is 1. The molecule has 1 nitrogen and oxygen atoms in total. The van der Waals surface area contributed by atoms with Gasteiger partial charge in [0.15, 0.2) is 0 Å². The second-order valence-corrected chi connectivity index (χ2v) is 6.08. The lowest BCUT2D eigenvalue weighted by atomic mass is 9.52. The molecule has 0 aromatic heterocycles. The van der Waals surface area contributed by atoms with Crippen LogP contribution in [0, 0.1) is 16.7 Å². The van der Waals surface area contributed by atoms with Crippen molar-refractivity contribution < 1.29 is 4.74 Å². The van der Waals surface area contributed by atoms with Crippen molar-refractivity contribution in [3.8, 4) is 0 Å². The van der Waals surface area contributed by atoms with Crippen LogP contribution in [0.3, 0.4) is 0 Å². The molecule has 0 bridgehead atoms. The molecule has 2 rings (SSSR count). The molecule has 1 saturated heterocycles. The first kappa shape index (κ1) is 9.51. The quantitative estimate of drug-likeness (QED) is 0.559. The highest BCUT2D eigenvalue weighted by atomic mass is 16.5. The zero-order valence-corrected chi connectivity index (χ0v) is 9.23. The van der Waals surface area contributed by atoms with Crippen molar-refractivity contribution in [3.63, 3.8) is 0 Å². The minimum atomic E-state index is 0.531. The van der Waals surface area contributed by atoms with Crippen molar-refractivity contribution in [2.75, 3.05) is 13.2 Å². The first-order chi connectivity index (χ1) is 6.02. The SMILES string of the molecule is CC(C)(C)C1CC2(CCOCC2)C1. The maximum atomic E-state index is 5.42. The Kier molecular flexibility index (Phi) is 2.18. The van der Waals surface area contributed by atoms with Crippen LogP contribution >= 0.6 is 0 Å². The normalized spacial score (nSPS) is 28.8. The van der Waals surface area contributed by atoms with Gasteiger partial charge < -0.3 is 4.74 Å². The standard InChI is InChI=1S/C12H22O/c1-11(2,3)10-8-12(9-10)4-6-13-7-5-12/h10H,4-9H2,1-3H3. The van der Waals surface area contributed by atoms with Gasteiger partial charge in [-0.1, -0.05) is 20.8 Å². The third-order valence-electron chi connectivity index (χ3n) is 4.14. The molecule has 1 aliphatic heterocycles. The fraction of sp³-hybridized carbons (Fsp3) is 1.00. The summed E-state index contributed by atoms with van der Waals surface area (Å²) in [6.45, 7) is 9.16. The Hall–Kier alpha value is -0.0400. The highest BCUT2D eigenvalue weighted by Crippen LogP contribution is 2.57. The Morgan fingerprint density at radius 2 is 1.62 bits per heavy atom. The van der Waals surface area contributed by atoms with Crippen LogP contribution in [-0.2, 0) is 4.74 Å². The highest BCUT2D eigenvalue weighted by Gasteiger charge is 2.48. The van der Waals surface area contributed by atoms with E-state index in [1.165, 1.54) is 25.7 Å². The molecular formula is C12H22O. The molecule has 0 unspecified atom stereocenters. The molecule has 0 N–H and O–H groups in total. The Labute approximate surface area is 81.9 Å². The van der Waals surface area contributed by atoms with Gasteiger partial charge in [-0.2, -0.15) is 0 Å². The molecule has 0 aromatic rings. The summed E-state index contributed by atoms with van der Waals surface area (Å²) in [5.74, 6) is 0.964. The molecule has 1 spiro atoms. The van der Waals surface area contributed by atoms with Crippen LogP contribution in [0.2, 0.25) is 0 Å². The Morgan fingerprint density at radius 3 is 2.08 bits per heavy atom. The fourth-order valence-corrected chi connectivity index (χ4v) is 2.81. The van der Waals surface area contributed by atoms with Gasteiger partial charge in [0.1, 0.15) is 0 Å². The summed E-state index contributed by atoms with van der Waals surface area (Å²) in [7, 11) is 0. The molecule has 0 atom stereocenters. The van der Waals surface area contributed by atoms with E-state index in [1.54, 1.807) is 0 Å². The predicted octanol–water partition coefficient (Wildman–Crippen LogP) is 3.24. The van der Waals surface area contributed by atoms with Gasteiger partial charge in [0.2, 0.25) is 0 Å². The predicted molar refractivity (Wildman–Crippen MR) is 54.7 cm³/mol. The molecule has 76 valence electrons. The molecule has 1 aliphatic carbocycles. The molecule has 1 saturated carbocycles. The van der Waals surface area contributed by atoms with Gasteiger partial charge in [-0.05, 0) is 42.4 Å². The van der Waals surface area contributed by atoms with Gasteiger partial charge in [0, 0.05) is 13.2 Å². The smallest absolute Gasteiger partial charge is 0.0471 e. The average Bonchev–Trinajstić information content (AvgIpc) is 2.00. The van der Waals surface area contributed by atoms with Crippen molar-refractivity contribution in [1.82, 2.24) is 0 Å². The number of hydrogen-bond acceptors (Lipinski definition) is 1. The van der Waals surface area contributed by atoms with Crippen LogP contribution < -0.4 is 0 Å². The minimum absolute atomic E-state index is 0.531. The van der Waals surface area contributed by atoms with Crippen molar-refractivity contribution in [3.05, 3.63) is 0 Å². The summed E-state index contributed by atoms with van der Waals surface area (Å²) in [5, 5.41) is 0. The van der Waals surface area contributed by atoms with E-state index in [0.717, 1.165) is 19.1 Å². The molecule has 0 amide bonds. The summed E-state index contributed by atoms with van der Waals surface area (Å²) in [5.41, 5.74) is 1.24. The maximum Gasteiger partial charge on any atom is 0.0471 e. The van der Waals surface area contributed by atoms with Crippen LogP contribution in [0.25, 0.3) is 0 Å². The molecule has 1 heterocycles. The van der Waals surface area contributed by atoms with E-state index in [4.69, 9.17) is 4.74 Å². The second-order valence-electron chi connectivity index (χ2n) is 6.08. The molecule has 0 radical (unpaired) electrons. The first-order valence-electron chi connectivity index (χ1n) is 5.60. The van der Waals surface area contributed by atoms with E-state index in [9.17, 15) is 0 Å². The van der Waals surface area contributed by atoms with Gasteiger partial charge in [0.25, 0.3) is 0 Å². The lowest BCUT2D eigenvalue weighted by Crippen LogP contribution is -2.46. The molecule has 2 fully saturated rings. The van der Waals surface area contributed by atoms with Gasteiger partial charge in [-0.3, -0.25) is 0 Å². The topological polar surface area (TPSA) is 9.23 Å². The van der Waals surface area contributed by atoms with E-state index in [-0.39, 0.29) is 0 Å². The molecule has 1 heteroatoms. The zero-order valence-electron chi connectivity index (χ0n) is 9.23. The lowest BCUT2D eigenvalue weighted by molar-refractivity contribution is -0.0879. The highest BCUT2D eigenvalue weighted by molar-refractivity contribution is 4.98. The monoisotopic (exact) mass is 182 g/mol. The van der Waals surface area contributed by atoms with Gasteiger partial charge in [-0.15, -0.1) is 0 Å². The molecular weight excluding hydrogens is 160 g/mol. The summed E-state index contributed by atoms with van der Waals surface area (Å²) < 4.78 is 5.42. The van der Waals surface area contributed by atoms with Crippen LogP contribution in [-0.4, -0.2) is 13.2 Å². The van der Waals surface area contributed by atoms with Crippen LogP contribution in [0.4, 0.5) is 0 Å². The lowest BCUT2D eigenvalue weighted by Gasteiger charge is -2.54. The fourth-order valence-electron chi connectivity index (χ4n) is 2.81. The molecule has 0 aromatic carbocycles. The Bertz CT molecular complexity index is 176. The van der Waals surface area contributed by atoms with E-state index in [1.807, 2.05) is 0 Å². The molecule has 13 heavy (non-hydrogen) atoms. The van der Waals surface area contributed by atoms with Crippen molar-refractivity contribution in [2.45, 2.75) is 46.5 Å². The van der Waals surface area contributed by atoms with Crippen LogP contribution in [0.1, 0.15) is 46.5 Å². The van der Waals surface area contributed by atoms with Gasteiger partial charge in [0.05, 0.1) is 0 Å². The van der Waals surface area contributed by atoms with Gasteiger partial charge >= 0.3 is 0 Å². The summed E-state index contributed by atoms with van der Waals surface area (Å²) in [6.07, 6.45) is 5.55. The summed E-state index contributed by atoms with van der Waals surface area (Å²) in [4.78, 5) is 0. The van der Waals surface area contributed by atoms with E-state index >= 15 is 0 Å². The maximum absolute atomic E-state index is 5.42. The van der Waals surface area contributed by atoms with Crippen LogP contribution in [0.15, 0.2) is 0 Å². The molecule has 2 aliphatic rings. The zero-order chi connectivity index (χ0) is 9.53. The van der Waals surface area contributed by atoms with Crippen molar-refractivity contribution in [1.29, 1.82) is 0 Å². The Balaban J connectivity index is 1.88. The first-order valence-corrected chi connectivity index (χ1v) is 5.60.